The molecule has 2 N–H and O–H groups in total. The summed E-state index contributed by atoms with van der Waals surface area (Å²) >= 11 is 1.68. The van der Waals surface area contributed by atoms with E-state index < -0.39 is 0 Å². The van der Waals surface area contributed by atoms with Crippen LogP contribution in [0.3, 0.4) is 0 Å². The minimum Gasteiger partial charge on any atom is -0.380 e. The molecule has 0 amide bonds. The molecule has 0 aliphatic carbocycles. The average Bonchev–Trinajstić information content (AvgIpc) is 3.11. The van der Waals surface area contributed by atoms with E-state index in [1.807, 2.05) is 42.5 Å². The lowest BCUT2D eigenvalue weighted by molar-refractivity contribution is 0.437. The summed E-state index contributed by atoms with van der Waals surface area (Å²) in [6.07, 6.45) is 0. The summed E-state index contributed by atoms with van der Waals surface area (Å²) in [6, 6.07) is 20.4. The van der Waals surface area contributed by atoms with Crippen molar-refractivity contribution < 1.29 is 4.52 Å². The molecule has 0 radical (unpaired) electrons. The molecule has 2 heterocycles. The first-order chi connectivity index (χ1) is 10.3. The molecule has 0 saturated carbocycles. The minimum absolute atomic E-state index is 0.425. The smallest absolute Gasteiger partial charge is 0.186 e. The van der Waals surface area contributed by atoms with E-state index >= 15 is 0 Å². The Bertz CT molecular complexity index is 876. The zero-order valence-corrected chi connectivity index (χ0v) is 11.9. The topological polar surface area (TPSA) is 52.0 Å². The molecule has 0 aliphatic rings. The minimum atomic E-state index is 0.425. The normalized spacial score (nSPS) is 11.0. The standard InChI is InChI=1S/C17H12N2OS/c18-17-15(11-6-2-1-3-7-11)16(20-19-17)14-10-12-8-4-5-9-13(12)21-14/h1-10H,(H2,18,19). The van der Waals surface area contributed by atoms with E-state index in [-0.39, 0.29) is 0 Å². The van der Waals surface area contributed by atoms with E-state index in [1.165, 1.54) is 10.1 Å². The van der Waals surface area contributed by atoms with E-state index in [0.29, 0.717) is 5.82 Å². The van der Waals surface area contributed by atoms with Gasteiger partial charge in [-0.3, -0.25) is 0 Å². The van der Waals surface area contributed by atoms with Gasteiger partial charge in [-0.2, -0.15) is 0 Å². The molecule has 0 atom stereocenters. The van der Waals surface area contributed by atoms with Gasteiger partial charge in [-0.1, -0.05) is 53.7 Å². The number of nitrogens with zero attached hydrogens (tertiary/aromatic N) is 1. The van der Waals surface area contributed by atoms with Crippen molar-refractivity contribution >= 4 is 27.2 Å². The maximum atomic E-state index is 6.00. The van der Waals surface area contributed by atoms with Gasteiger partial charge < -0.3 is 10.3 Å². The molecule has 0 aliphatic heterocycles. The van der Waals surface area contributed by atoms with Crippen molar-refractivity contribution in [3.05, 3.63) is 60.7 Å². The van der Waals surface area contributed by atoms with Gasteiger partial charge in [0.15, 0.2) is 11.6 Å². The van der Waals surface area contributed by atoms with Gasteiger partial charge in [0.1, 0.15) is 0 Å². The maximum absolute atomic E-state index is 6.00. The molecule has 0 fully saturated rings. The van der Waals surface area contributed by atoms with Gasteiger partial charge in [0, 0.05) is 4.70 Å². The molecular weight excluding hydrogens is 280 g/mol. The van der Waals surface area contributed by atoms with E-state index in [2.05, 4.69) is 23.4 Å². The Morgan fingerprint density at radius 3 is 2.52 bits per heavy atom. The second-order valence-electron chi connectivity index (χ2n) is 4.79. The third-order valence-corrected chi connectivity index (χ3v) is 4.55. The molecule has 0 bridgehead atoms. The van der Waals surface area contributed by atoms with Gasteiger partial charge >= 0.3 is 0 Å². The summed E-state index contributed by atoms with van der Waals surface area (Å²) in [5.74, 6) is 1.16. The van der Waals surface area contributed by atoms with Crippen molar-refractivity contribution in [2.45, 2.75) is 0 Å². The van der Waals surface area contributed by atoms with Crippen molar-refractivity contribution in [3.63, 3.8) is 0 Å². The molecule has 2 aromatic heterocycles. The third kappa shape index (κ3) is 2.00. The summed E-state index contributed by atoms with van der Waals surface area (Å²) < 4.78 is 6.72. The lowest BCUT2D eigenvalue weighted by Crippen LogP contribution is -1.87. The van der Waals surface area contributed by atoms with Gasteiger partial charge in [0.25, 0.3) is 0 Å². The van der Waals surface area contributed by atoms with Crippen molar-refractivity contribution in [1.82, 2.24) is 5.16 Å². The fourth-order valence-corrected chi connectivity index (χ4v) is 3.49. The van der Waals surface area contributed by atoms with E-state index in [4.69, 9.17) is 10.3 Å². The molecule has 4 aromatic rings. The van der Waals surface area contributed by atoms with Crippen LogP contribution in [0.15, 0.2) is 65.2 Å². The molecule has 0 unspecified atom stereocenters. The van der Waals surface area contributed by atoms with Crippen LogP contribution in [0.25, 0.3) is 31.9 Å². The van der Waals surface area contributed by atoms with E-state index in [0.717, 1.165) is 21.8 Å². The maximum Gasteiger partial charge on any atom is 0.186 e. The number of benzene rings is 2. The van der Waals surface area contributed by atoms with Gasteiger partial charge in [-0.25, -0.2) is 0 Å². The Labute approximate surface area is 125 Å². The zero-order valence-electron chi connectivity index (χ0n) is 11.1. The van der Waals surface area contributed by atoms with Crippen molar-refractivity contribution in [2.75, 3.05) is 5.73 Å². The van der Waals surface area contributed by atoms with Crippen LogP contribution >= 0.6 is 11.3 Å². The highest BCUT2D eigenvalue weighted by Crippen LogP contribution is 2.41. The largest absolute Gasteiger partial charge is 0.380 e. The fourth-order valence-electron chi connectivity index (χ4n) is 2.45. The lowest BCUT2D eigenvalue weighted by Gasteiger charge is -2.00. The molecule has 0 saturated heterocycles. The first-order valence-corrected chi connectivity index (χ1v) is 7.44. The van der Waals surface area contributed by atoms with Crippen LogP contribution in [0.1, 0.15) is 0 Å². The van der Waals surface area contributed by atoms with Crippen LogP contribution in [0.5, 0.6) is 0 Å². The van der Waals surface area contributed by atoms with Gasteiger partial charge in [0.05, 0.1) is 10.4 Å². The molecule has 3 nitrogen and oxygen atoms in total. The predicted molar refractivity (Wildman–Crippen MR) is 87.2 cm³/mol. The first-order valence-electron chi connectivity index (χ1n) is 6.62. The van der Waals surface area contributed by atoms with Crippen molar-refractivity contribution in [2.24, 2.45) is 0 Å². The Morgan fingerprint density at radius 2 is 1.71 bits per heavy atom. The number of hydrogen-bond donors (Lipinski definition) is 1. The Morgan fingerprint density at radius 1 is 0.952 bits per heavy atom. The van der Waals surface area contributed by atoms with Crippen molar-refractivity contribution in [1.29, 1.82) is 0 Å². The number of thiophene rings is 1. The van der Waals surface area contributed by atoms with Crippen LogP contribution in [0, 0.1) is 0 Å². The second-order valence-corrected chi connectivity index (χ2v) is 5.87. The summed E-state index contributed by atoms with van der Waals surface area (Å²) in [7, 11) is 0. The monoisotopic (exact) mass is 292 g/mol. The quantitative estimate of drug-likeness (QED) is 0.577. The number of fused-ring (bicyclic) bond motifs is 1. The van der Waals surface area contributed by atoms with E-state index in [1.54, 1.807) is 11.3 Å². The van der Waals surface area contributed by atoms with Gasteiger partial charge in [-0.15, -0.1) is 11.3 Å². The molecule has 2 aromatic carbocycles. The number of rotatable bonds is 2. The molecule has 4 heteroatoms. The third-order valence-electron chi connectivity index (χ3n) is 3.43. The summed E-state index contributed by atoms with van der Waals surface area (Å²) in [5, 5.41) is 5.15. The molecular formula is C17H12N2OS. The number of hydrogen-bond acceptors (Lipinski definition) is 4. The zero-order chi connectivity index (χ0) is 14.2. The van der Waals surface area contributed by atoms with Crippen LogP contribution in [0.4, 0.5) is 5.82 Å². The van der Waals surface area contributed by atoms with E-state index in [9.17, 15) is 0 Å². The highest BCUT2D eigenvalue weighted by molar-refractivity contribution is 7.22. The van der Waals surface area contributed by atoms with Gasteiger partial charge in [0.2, 0.25) is 0 Å². The predicted octanol–water partition coefficient (Wildman–Crippen LogP) is 4.81. The van der Waals surface area contributed by atoms with Crippen LogP contribution in [0.2, 0.25) is 0 Å². The number of nitrogens with two attached hydrogens (primary N) is 1. The number of nitrogen functional groups attached to an aromatic ring is 1. The fraction of sp³-hybridized carbons (Fsp3) is 0. The Hall–Kier alpha value is -2.59. The van der Waals surface area contributed by atoms with Crippen LogP contribution < -0.4 is 5.73 Å². The molecule has 21 heavy (non-hydrogen) atoms. The molecule has 0 spiro atoms. The first kappa shape index (κ1) is 12.2. The SMILES string of the molecule is Nc1noc(-c2cc3ccccc3s2)c1-c1ccccc1. The summed E-state index contributed by atoms with van der Waals surface area (Å²) in [5.41, 5.74) is 7.89. The highest BCUT2D eigenvalue weighted by Gasteiger charge is 2.19. The van der Waals surface area contributed by atoms with Gasteiger partial charge in [-0.05, 0) is 23.1 Å². The molecule has 102 valence electrons. The van der Waals surface area contributed by atoms with Crippen LogP contribution in [-0.4, -0.2) is 5.16 Å². The van der Waals surface area contributed by atoms with Crippen molar-refractivity contribution in [3.8, 4) is 21.8 Å². The Kier molecular flexibility index (Phi) is 2.75. The number of aromatic nitrogens is 1. The molecule has 4 rings (SSSR count). The summed E-state index contributed by atoms with van der Waals surface area (Å²) in [4.78, 5) is 1.04. The number of anilines is 1. The second kappa shape index (κ2) is 4.75. The van der Waals surface area contributed by atoms with Crippen LogP contribution in [-0.2, 0) is 0 Å². The summed E-state index contributed by atoms with van der Waals surface area (Å²) in [6.45, 7) is 0. The average molecular weight is 292 g/mol. The highest BCUT2D eigenvalue weighted by atomic mass is 32.1. The lowest BCUT2D eigenvalue weighted by atomic mass is 10.1. The Balaban J connectivity index is 1.93.